The van der Waals surface area contributed by atoms with Crippen LogP contribution in [-0.2, 0) is 9.59 Å². The van der Waals surface area contributed by atoms with Gasteiger partial charge in [0.1, 0.15) is 0 Å². The Labute approximate surface area is 179 Å². The molecule has 5 nitrogen and oxygen atoms in total. The molecule has 0 saturated heterocycles. The van der Waals surface area contributed by atoms with E-state index in [-0.39, 0.29) is 11.8 Å². The molecule has 0 spiro atoms. The van der Waals surface area contributed by atoms with Gasteiger partial charge in [0, 0.05) is 25.1 Å². The molecule has 0 aliphatic carbocycles. The number of unbranched alkanes of at least 4 members (excludes halogenated alkanes) is 9. The SMILES string of the molecule is C=C(C)C(=O)NCCCCCCCCCCCCNC(=O)CCC(O)(CC)CC. The molecule has 3 N–H and O–H groups in total. The summed E-state index contributed by atoms with van der Waals surface area (Å²) in [6.07, 6.45) is 14.3. The Balaban J connectivity index is 3.34. The van der Waals surface area contributed by atoms with E-state index >= 15 is 0 Å². The van der Waals surface area contributed by atoms with Gasteiger partial charge in [0.15, 0.2) is 0 Å². The lowest BCUT2D eigenvalue weighted by Crippen LogP contribution is -2.31. The third kappa shape index (κ3) is 16.2. The number of aliphatic hydroxyl groups is 1. The van der Waals surface area contributed by atoms with Crippen LogP contribution in [0.5, 0.6) is 0 Å². The Hall–Kier alpha value is -1.36. The van der Waals surface area contributed by atoms with Crippen LogP contribution in [0.1, 0.15) is 111 Å². The zero-order chi connectivity index (χ0) is 22.0. The highest BCUT2D eigenvalue weighted by Gasteiger charge is 2.22. The van der Waals surface area contributed by atoms with Crippen LogP contribution in [0.3, 0.4) is 0 Å². The van der Waals surface area contributed by atoms with E-state index in [9.17, 15) is 14.7 Å². The van der Waals surface area contributed by atoms with Gasteiger partial charge in [-0.15, -0.1) is 0 Å². The van der Waals surface area contributed by atoms with Crippen LogP contribution in [0.25, 0.3) is 0 Å². The van der Waals surface area contributed by atoms with Crippen molar-refractivity contribution in [2.24, 2.45) is 0 Å². The standard InChI is InChI=1S/C24H46N2O3/c1-5-24(29,6-2)18-17-22(27)25-19-15-13-11-9-7-8-10-12-14-16-20-26-23(28)21(3)4/h29H,3,5-20H2,1-2,4H3,(H,25,27)(H,26,28). The quantitative estimate of drug-likeness (QED) is 0.206. The van der Waals surface area contributed by atoms with Gasteiger partial charge in [-0.25, -0.2) is 0 Å². The summed E-state index contributed by atoms with van der Waals surface area (Å²) in [6, 6.07) is 0. The van der Waals surface area contributed by atoms with E-state index in [1.54, 1.807) is 6.92 Å². The molecule has 0 unspecified atom stereocenters. The minimum atomic E-state index is -0.683. The smallest absolute Gasteiger partial charge is 0.246 e. The highest BCUT2D eigenvalue weighted by atomic mass is 16.3. The van der Waals surface area contributed by atoms with Crippen LogP contribution >= 0.6 is 0 Å². The summed E-state index contributed by atoms with van der Waals surface area (Å²) < 4.78 is 0. The first kappa shape index (κ1) is 27.6. The van der Waals surface area contributed by atoms with Crippen molar-refractivity contribution < 1.29 is 14.7 Å². The normalized spacial score (nSPS) is 11.3. The average Bonchev–Trinajstić information content (AvgIpc) is 2.71. The molecule has 0 aromatic carbocycles. The van der Waals surface area contributed by atoms with E-state index in [0.29, 0.717) is 31.3 Å². The predicted octanol–water partition coefficient (Wildman–Crippen LogP) is 5.03. The van der Waals surface area contributed by atoms with Gasteiger partial charge in [-0.1, -0.05) is 71.8 Å². The summed E-state index contributed by atoms with van der Waals surface area (Å²) in [5.74, 6) is 0.0225. The first-order valence-electron chi connectivity index (χ1n) is 11.8. The Kier molecular flexibility index (Phi) is 16.7. The molecule has 2 amide bonds. The van der Waals surface area contributed by atoms with Gasteiger partial charge in [-0.3, -0.25) is 9.59 Å². The first-order valence-corrected chi connectivity index (χ1v) is 11.8. The monoisotopic (exact) mass is 410 g/mol. The van der Waals surface area contributed by atoms with Crippen molar-refractivity contribution in [3.8, 4) is 0 Å². The fourth-order valence-corrected chi connectivity index (χ4v) is 3.28. The third-order valence-electron chi connectivity index (χ3n) is 5.73. The first-order chi connectivity index (χ1) is 13.8. The topological polar surface area (TPSA) is 78.4 Å². The molecule has 0 aromatic rings. The third-order valence-corrected chi connectivity index (χ3v) is 5.73. The second-order valence-corrected chi connectivity index (χ2v) is 8.35. The van der Waals surface area contributed by atoms with Gasteiger partial charge in [-0.05, 0) is 39.0 Å². The van der Waals surface area contributed by atoms with Crippen molar-refractivity contribution in [2.45, 2.75) is 116 Å². The second kappa shape index (κ2) is 17.5. The molecule has 0 rings (SSSR count). The van der Waals surface area contributed by atoms with E-state index in [2.05, 4.69) is 17.2 Å². The molecular formula is C24H46N2O3. The van der Waals surface area contributed by atoms with Crippen LogP contribution < -0.4 is 10.6 Å². The lowest BCUT2D eigenvalue weighted by Gasteiger charge is -2.24. The van der Waals surface area contributed by atoms with Crippen molar-refractivity contribution in [3.05, 3.63) is 12.2 Å². The van der Waals surface area contributed by atoms with Gasteiger partial charge in [0.05, 0.1) is 5.60 Å². The fourth-order valence-electron chi connectivity index (χ4n) is 3.28. The van der Waals surface area contributed by atoms with Crippen LogP contribution in [-0.4, -0.2) is 35.6 Å². The zero-order valence-electron chi connectivity index (χ0n) is 19.3. The number of hydrogen-bond acceptors (Lipinski definition) is 3. The molecule has 0 aliphatic rings. The molecule has 0 radical (unpaired) electrons. The van der Waals surface area contributed by atoms with Crippen molar-refractivity contribution in [1.82, 2.24) is 10.6 Å². The van der Waals surface area contributed by atoms with Crippen molar-refractivity contribution in [3.63, 3.8) is 0 Å². The maximum atomic E-state index is 11.8. The predicted molar refractivity (Wildman–Crippen MR) is 122 cm³/mol. The fraction of sp³-hybridized carbons (Fsp3) is 0.833. The van der Waals surface area contributed by atoms with Crippen LogP contribution in [0, 0.1) is 0 Å². The molecule has 0 aromatic heterocycles. The van der Waals surface area contributed by atoms with E-state index in [4.69, 9.17) is 0 Å². The van der Waals surface area contributed by atoms with Crippen LogP contribution in [0.2, 0.25) is 0 Å². The molecule has 0 saturated carbocycles. The van der Waals surface area contributed by atoms with Crippen LogP contribution in [0.4, 0.5) is 0 Å². The van der Waals surface area contributed by atoms with Gasteiger partial charge in [0.2, 0.25) is 11.8 Å². The Morgan fingerprint density at radius 3 is 1.62 bits per heavy atom. The highest BCUT2D eigenvalue weighted by molar-refractivity contribution is 5.91. The maximum Gasteiger partial charge on any atom is 0.246 e. The number of amides is 2. The van der Waals surface area contributed by atoms with E-state index < -0.39 is 5.60 Å². The summed E-state index contributed by atoms with van der Waals surface area (Å²) in [4.78, 5) is 23.2. The van der Waals surface area contributed by atoms with Gasteiger partial charge < -0.3 is 15.7 Å². The molecule has 170 valence electrons. The highest BCUT2D eigenvalue weighted by Crippen LogP contribution is 2.20. The number of hydrogen-bond donors (Lipinski definition) is 3. The maximum absolute atomic E-state index is 11.8. The molecular weight excluding hydrogens is 364 g/mol. The molecule has 0 atom stereocenters. The van der Waals surface area contributed by atoms with Crippen molar-refractivity contribution >= 4 is 11.8 Å². The van der Waals surface area contributed by atoms with Gasteiger partial charge in [-0.2, -0.15) is 0 Å². The molecule has 29 heavy (non-hydrogen) atoms. The number of carbonyl (C=O) groups is 2. The van der Waals surface area contributed by atoms with E-state index in [1.807, 2.05) is 13.8 Å². The minimum Gasteiger partial charge on any atom is -0.390 e. The number of carbonyl (C=O) groups excluding carboxylic acids is 2. The Morgan fingerprint density at radius 2 is 1.21 bits per heavy atom. The number of rotatable bonds is 19. The van der Waals surface area contributed by atoms with Crippen molar-refractivity contribution in [2.75, 3.05) is 13.1 Å². The van der Waals surface area contributed by atoms with Gasteiger partial charge in [0.25, 0.3) is 0 Å². The summed E-state index contributed by atoms with van der Waals surface area (Å²) >= 11 is 0. The molecule has 0 bridgehead atoms. The lowest BCUT2D eigenvalue weighted by atomic mass is 9.92. The second-order valence-electron chi connectivity index (χ2n) is 8.35. The zero-order valence-corrected chi connectivity index (χ0v) is 19.3. The Morgan fingerprint density at radius 1 is 0.793 bits per heavy atom. The molecule has 0 heterocycles. The number of nitrogens with one attached hydrogen (secondary N) is 2. The Bertz CT molecular complexity index is 459. The van der Waals surface area contributed by atoms with E-state index in [0.717, 1.165) is 32.4 Å². The summed E-state index contributed by atoms with van der Waals surface area (Å²) in [7, 11) is 0. The minimum absolute atomic E-state index is 0.0373. The van der Waals surface area contributed by atoms with E-state index in [1.165, 1.54) is 44.9 Å². The molecule has 5 heteroatoms. The van der Waals surface area contributed by atoms with Gasteiger partial charge >= 0.3 is 0 Å². The molecule has 0 fully saturated rings. The van der Waals surface area contributed by atoms with Crippen LogP contribution in [0.15, 0.2) is 12.2 Å². The molecule has 0 aliphatic heterocycles. The lowest BCUT2D eigenvalue weighted by molar-refractivity contribution is -0.122. The average molecular weight is 411 g/mol. The summed E-state index contributed by atoms with van der Waals surface area (Å²) in [5.41, 5.74) is -0.109. The van der Waals surface area contributed by atoms with Crippen molar-refractivity contribution in [1.29, 1.82) is 0 Å². The largest absolute Gasteiger partial charge is 0.390 e. The summed E-state index contributed by atoms with van der Waals surface area (Å²) in [5, 5.41) is 16.0. The summed E-state index contributed by atoms with van der Waals surface area (Å²) in [6.45, 7) is 10.8.